The van der Waals surface area contributed by atoms with Crippen LogP contribution in [0.4, 0.5) is 4.39 Å². The maximum atomic E-state index is 12.9. The Kier molecular flexibility index (Phi) is 6.01. The average Bonchev–Trinajstić information content (AvgIpc) is 3.03. The molecule has 0 saturated carbocycles. The van der Waals surface area contributed by atoms with E-state index in [2.05, 4.69) is 9.83 Å². The number of nitrogens with zero attached hydrogens (tertiary/aromatic N) is 2. The van der Waals surface area contributed by atoms with Gasteiger partial charge >= 0.3 is 0 Å². The Morgan fingerprint density at radius 2 is 2.09 bits per heavy atom. The lowest BCUT2D eigenvalue weighted by Crippen LogP contribution is -2.02. The van der Waals surface area contributed by atoms with Crippen LogP contribution in [0.2, 0.25) is 0 Å². The lowest BCUT2D eigenvalue weighted by Gasteiger charge is -2.05. The second-order valence-corrected chi connectivity index (χ2v) is 5.16. The summed E-state index contributed by atoms with van der Waals surface area (Å²) in [6, 6.07) is 5.72. The van der Waals surface area contributed by atoms with Gasteiger partial charge in [-0.05, 0) is 37.1 Å². The zero-order valence-electron chi connectivity index (χ0n) is 12.5. The minimum Gasteiger partial charge on any atom is -0.444 e. The second-order valence-electron chi connectivity index (χ2n) is 5.16. The molecule has 0 saturated heterocycles. The van der Waals surface area contributed by atoms with Crippen LogP contribution in [0.15, 0.2) is 34.9 Å². The highest BCUT2D eigenvalue weighted by molar-refractivity contribution is 5.78. The molecule has 0 spiro atoms. The van der Waals surface area contributed by atoms with Gasteiger partial charge in [0.25, 0.3) is 0 Å². The molecule has 0 aliphatic rings. The summed E-state index contributed by atoms with van der Waals surface area (Å²) in [5, 5.41) is 10.1. The van der Waals surface area contributed by atoms with Crippen LogP contribution in [-0.4, -0.2) is 22.4 Å². The van der Waals surface area contributed by atoms with Crippen LogP contribution in [0.1, 0.15) is 37.5 Å². The zero-order chi connectivity index (χ0) is 16.7. The van der Waals surface area contributed by atoms with Gasteiger partial charge in [-0.1, -0.05) is 0 Å². The van der Waals surface area contributed by atoms with Gasteiger partial charge in [0, 0.05) is 12.0 Å². The van der Waals surface area contributed by atoms with E-state index in [4.69, 9.17) is 11.0 Å². The van der Waals surface area contributed by atoms with Crippen LogP contribution < -0.4 is 0 Å². The Balaban J connectivity index is 1.86. The Morgan fingerprint density at radius 1 is 1.35 bits per heavy atom. The molecule has 0 fully saturated rings. The summed E-state index contributed by atoms with van der Waals surface area (Å²) >= 11 is 0. The number of halogens is 1. The highest BCUT2D eigenvalue weighted by Crippen LogP contribution is 2.24. The fourth-order valence-electron chi connectivity index (χ4n) is 2.11. The van der Waals surface area contributed by atoms with Crippen LogP contribution in [0.5, 0.6) is 0 Å². The Labute approximate surface area is 133 Å². The van der Waals surface area contributed by atoms with Gasteiger partial charge in [0.15, 0.2) is 0 Å². The minimum absolute atomic E-state index is 0.0281. The molecule has 1 aromatic heterocycles. The maximum absolute atomic E-state index is 12.9. The van der Waals surface area contributed by atoms with Crippen molar-refractivity contribution in [2.45, 2.75) is 31.8 Å². The van der Waals surface area contributed by atoms with Crippen molar-refractivity contribution in [3.63, 3.8) is 0 Å². The van der Waals surface area contributed by atoms with Crippen molar-refractivity contribution in [1.29, 1.82) is 0 Å². The van der Waals surface area contributed by atoms with E-state index in [0.717, 1.165) is 0 Å². The van der Waals surface area contributed by atoms with Gasteiger partial charge in [-0.3, -0.25) is 4.79 Å². The van der Waals surface area contributed by atoms with Gasteiger partial charge in [-0.25, -0.2) is 15.9 Å². The van der Waals surface area contributed by atoms with Crippen molar-refractivity contribution in [2.75, 3.05) is 6.54 Å². The van der Waals surface area contributed by atoms with Crippen molar-refractivity contribution >= 4 is 5.78 Å². The predicted molar refractivity (Wildman–Crippen MR) is 81.8 cm³/mol. The molecular weight excluding hydrogens is 299 g/mol. The number of aliphatic hydroxyl groups excluding tert-OH is 1. The molecule has 5 nitrogen and oxygen atoms in total. The molecule has 1 heterocycles. The van der Waals surface area contributed by atoms with Crippen molar-refractivity contribution in [3.8, 4) is 11.5 Å². The molecule has 120 valence electrons. The molecule has 2 aromatic rings. The highest BCUT2D eigenvalue weighted by atomic mass is 19.1. The number of benzene rings is 1. The second kappa shape index (κ2) is 8.20. The van der Waals surface area contributed by atoms with Crippen LogP contribution in [0.3, 0.4) is 0 Å². The summed E-state index contributed by atoms with van der Waals surface area (Å²) in [7, 11) is 0. The molecule has 23 heavy (non-hydrogen) atoms. The molecule has 0 aliphatic heterocycles. The van der Waals surface area contributed by atoms with Gasteiger partial charge in [-0.2, -0.15) is 0 Å². The third kappa shape index (κ3) is 5.01. The monoisotopic (exact) mass is 316 g/mol. The summed E-state index contributed by atoms with van der Waals surface area (Å²) in [6.07, 6.45) is 2.06. The van der Waals surface area contributed by atoms with Crippen molar-refractivity contribution in [1.82, 2.24) is 4.98 Å². The Morgan fingerprint density at radius 3 is 2.78 bits per heavy atom. The van der Waals surface area contributed by atoms with Crippen LogP contribution in [-0.2, 0) is 4.79 Å². The van der Waals surface area contributed by atoms with E-state index in [1.165, 1.54) is 18.4 Å². The average molecular weight is 316 g/mol. The first-order chi connectivity index (χ1) is 11.1. The van der Waals surface area contributed by atoms with Gasteiger partial charge in [0.1, 0.15) is 23.6 Å². The summed E-state index contributed by atoms with van der Waals surface area (Å²) in [5.41, 5.74) is 1.01. The number of Topliss-reactive ketones (excluding diaryl/α,β-unsaturated/α-hetero) is 1. The number of aromatic nitrogens is 1. The summed E-state index contributed by atoms with van der Waals surface area (Å²) in [6.45, 7) is 6.85. The van der Waals surface area contributed by atoms with Crippen LogP contribution >= 0.6 is 0 Å². The highest BCUT2D eigenvalue weighted by Gasteiger charge is 2.15. The van der Waals surface area contributed by atoms with E-state index in [1.54, 1.807) is 12.1 Å². The molecule has 1 unspecified atom stereocenters. The normalized spacial score (nSPS) is 11.9. The van der Waals surface area contributed by atoms with E-state index < -0.39 is 6.10 Å². The number of hydrogen-bond donors (Lipinski definition) is 1. The first-order valence-electron chi connectivity index (χ1n) is 7.34. The van der Waals surface area contributed by atoms with Crippen molar-refractivity contribution in [3.05, 3.63) is 53.5 Å². The first-order valence-corrected chi connectivity index (χ1v) is 7.34. The van der Waals surface area contributed by atoms with Crippen LogP contribution in [0.25, 0.3) is 16.3 Å². The van der Waals surface area contributed by atoms with E-state index >= 15 is 0 Å². The summed E-state index contributed by atoms with van der Waals surface area (Å²) in [5.74, 6) is -0.00372. The Hall–Kier alpha value is -2.52. The number of carbonyl (C=O) groups is 1. The van der Waals surface area contributed by atoms with E-state index in [0.29, 0.717) is 36.4 Å². The first kappa shape index (κ1) is 16.8. The summed E-state index contributed by atoms with van der Waals surface area (Å²) < 4.78 is 18.2. The molecule has 6 heteroatoms. The SMILES string of the molecule is [C-]#[N+]CCC(=O)CCCC(O)c1coc(-c2ccc(F)cc2)n1. The fourth-order valence-corrected chi connectivity index (χ4v) is 2.11. The molecule has 0 bridgehead atoms. The zero-order valence-corrected chi connectivity index (χ0v) is 12.5. The van der Waals surface area contributed by atoms with Crippen LogP contribution in [0, 0.1) is 12.4 Å². The number of aliphatic hydroxyl groups is 1. The fraction of sp³-hybridized carbons (Fsp3) is 0.353. The van der Waals surface area contributed by atoms with Crippen molar-refractivity contribution < 1.29 is 18.7 Å². The molecule has 0 aliphatic carbocycles. The lowest BCUT2D eigenvalue weighted by atomic mass is 10.1. The minimum atomic E-state index is -0.818. The molecule has 2 rings (SSSR count). The Bertz CT molecular complexity index is 689. The predicted octanol–water partition coefficient (Wildman–Crippen LogP) is 3.56. The molecule has 0 amide bonds. The molecule has 1 aromatic carbocycles. The number of carbonyl (C=O) groups excluding carboxylic acids is 1. The number of ketones is 1. The molecule has 1 N–H and O–H groups in total. The van der Waals surface area contributed by atoms with E-state index in [9.17, 15) is 14.3 Å². The molecular formula is C17H17FN2O3. The largest absolute Gasteiger partial charge is 0.444 e. The topological polar surface area (TPSA) is 67.7 Å². The molecule has 1 atom stereocenters. The van der Waals surface area contributed by atoms with E-state index in [-0.39, 0.29) is 24.6 Å². The van der Waals surface area contributed by atoms with Gasteiger partial charge in [0.05, 0.1) is 12.5 Å². The third-order valence-electron chi connectivity index (χ3n) is 3.39. The standard InChI is InChI=1S/C17H17FN2O3/c1-19-10-9-14(21)3-2-4-16(22)15-11-23-17(20-15)12-5-7-13(18)8-6-12/h5-8,11,16,22H,2-4,9-10H2. The van der Waals surface area contributed by atoms with Crippen molar-refractivity contribution in [2.24, 2.45) is 0 Å². The smallest absolute Gasteiger partial charge is 0.226 e. The number of rotatable bonds is 8. The van der Waals surface area contributed by atoms with Gasteiger partial charge in [0.2, 0.25) is 12.4 Å². The van der Waals surface area contributed by atoms with E-state index in [1.807, 2.05) is 0 Å². The number of hydrogen-bond acceptors (Lipinski definition) is 4. The quantitative estimate of drug-likeness (QED) is 0.756. The van der Waals surface area contributed by atoms with Gasteiger partial charge in [-0.15, -0.1) is 0 Å². The molecule has 0 radical (unpaired) electrons. The summed E-state index contributed by atoms with van der Waals surface area (Å²) in [4.78, 5) is 18.8. The lowest BCUT2D eigenvalue weighted by molar-refractivity contribution is -0.118. The number of oxazole rings is 1. The third-order valence-corrected chi connectivity index (χ3v) is 3.39. The maximum Gasteiger partial charge on any atom is 0.226 e. The van der Waals surface area contributed by atoms with Gasteiger partial charge < -0.3 is 14.4 Å².